The van der Waals surface area contributed by atoms with Crippen molar-refractivity contribution in [2.24, 2.45) is 5.73 Å². The summed E-state index contributed by atoms with van der Waals surface area (Å²) >= 11 is 5.91. The van der Waals surface area contributed by atoms with Crippen molar-refractivity contribution in [2.45, 2.75) is 13.0 Å². The molecule has 1 atom stereocenters. The molecule has 0 bridgehead atoms. The standard InChI is InChI=1S/C11H12ClN3/c1-8(13)11-6-15(7-14-11)10-4-2-3-9(12)5-10/h2-8H,13H2,1H3. The summed E-state index contributed by atoms with van der Waals surface area (Å²) in [5, 5.41) is 0.712. The molecule has 78 valence electrons. The maximum absolute atomic E-state index is 5.91. The van der Waals surface area contributed by atoms with Crippen molar-refractivity contribution in [2.75, 3.05) is 0 Å². The fourth-order valence-electron chi connectivity index (χ4n) is 1.35. The van der Waals surface area contributed by atoms with E-state index in [2.05, 4.69) is 4.98 Å². The second-order valence-electron chi connectivity index (χ2n) is 3.47. The first-order valence-corrected chi connectivity index (χ1v) is 5.10. The van der Waals surface area contributed by atoms with Crippen LogP contribution in [0.1, 0.15) is 18.7 Å². The molecule has 15 heavy (non-hydrogen) atoms. The van der Waals surface area contributed by atoms with E-state index in [-0.39, 0.29) is 6.04 Å². The highest BCUT2D eigenvalue weighted by Gasteiger charge is 2.04. The summed E-state index contributed by atoms with van der Waals surface area (Å²) < 4.78 is 1.91. The van der Waals surface area contributed by atoms with E-state index >= 15 is 0 Å². The van der Waals surface area contributed by atoms with Crippen molar-refractivity contribution in [3.8, 4) is 5.69 Å². The third-order valence-corrected chi connectivity index (χ3v) is 2.41. The fraction of sp³-hybridized carbons (Fsp3) is 0.182. The number of hydrogen-bond donors (Lipinski definition) is 1. The van der Waals surface area contributed by atoms with Crippen molar-refractivity contribution in [3.63, 3.8) is 0 Å². The van der Waals surface area contributed by atoms with Crippen LogP contribution in [-0.4, -0.2) is 9.55 Å². The maximum Gasteiger partial charge on any atom is 0.0995 e. The Labute approximate surface area is 93.5 Å². The number of hydrogen-bond acceptors (Lipinski definition) is 2. The average molecular weight is 222 g/mol. The summed E-state index contributed by atoms with van der Waals surface area (Å²) in [6.45, 7) is 1.91. The Morgan fingerprint density at radius 1 is 1.47 bits per heavy atom. The molecule has 1 heterocycles. The van der Waals surface area contributed by atoms with Crippen molar-refractivity contribution in [3.05, 3.63) is 47.5 Å². The van der Waals surface area contributed by atoms with E-state index in [1.54, 1.807) is 6.33 Å². The van der Waals surface area contributed by atoms with E-state index in [1.165, 1.54) is 0 Å². The van der Waals surface area contributed by atoms with Gasteiger partial charge >= 0.3 is 0 Å². The maximum atomic E-state index is 5.91. The predicted octanol–water partition coefficient (Wildman–Crippen LogP) is 2.55. The average Bonchev–Trinajstić information content (AvgIpc) is 2.66. The topological polar surface area (TPSA) is 43.8 Å². The molecule has 2 N–H and O–H groups in total. The lowest BCUT2D eigenvalue weighted by molar-refractivity contribution is 0.788. The van der Waals surface area contributed by atoms with Gasteiger partial charge in [-0.25, -0.2) is 4.98 Å². The summed E-state index contributed by atoms with van der Waals surface area (Å²) in [5.74, 6) is 0. The molecule has 0 fully saturated rings. The van der Waals surface area contributed by atoms with E-state index in [0.717, 1.165) is 11.4 Å². The van der Waals surface area contributed by atoms with Crippen LogP contribution >= 0.6 is 11.6 Å². The quantitative estimate of drug-likeness (QED) is 0.847. The first-order chi connectivity index (χ1) is 7.16. The summed E-state index contributed by atoms with van der Waals surface area (Å²) in [6.07, 6.45) is 3.65. The van der Waals surface area contributed by atoms with Crippen molar-refractivity contribution < 1.29 is 0 Å². The third kappa shape index (κ3) is 2.19. The molecule has 0 aliphatic rings. The Hall–Kier alpha value is -1.32. The number of nitrogens with zero attached hydrogens (tertiary/aromatic N) is 2. The Morgan fingerprint density at radius 3 is 2.87 bits per heavy atom. The highest BCUT2D eigenvalue weighted by atomic mass is 35.5. The molecule has 0 amide bonds. The SMILES string of the molecule is CC(N)c1cn(-c2cccc(Cl)c2)cn1. The number of benzene rings is 1. The molecule has 2 aromatic rings. The van der Waals surface area contributed by atoms with Gasteiger partial charge in [-0.2, -0.15) is 0 Å². The number of rotatable bonds is 2. The van der Waals surface area contributed by atoms with Gasteiger partial charge in [0.05, 0.1) is 12.0 Å². The van der Waals surface area contributed by atoms with Crippen LogP contribution in [0.15, 0.2) is 36.8 Å². The van der Waals surface area contributed by atoms with Gasteiger partial charge in [0.15, 0.2) is 0 Å². The molecule has 0 radical (unpaired) electrons. The molecule has 1 unspecified atom stereocenters. The molecule has 1 aromatic carbocycles. The first-order valence-electron chi connectivity index (χ1n) is 4.72. The van der Waals surface area contributed by atoms with Crippen LogP contribution in [0.25, 0.3) is 5.69 Å². The van der Waals surface area contributed by atoms with Crippen molar-refractivity contribution in [1.29, 1.82) is 0 Å². The molecular formula is C11H12ClN3. The Balaban J connectivity index is 2.37. The van der Waals surface area contributed by atoms with Crippen LogP contribution in [0, 0.1) is 0 Å². The van der Waals surface area contributed by atoms with Crippen LogP contribution in [0.2, 0.25) is 5.02 Å². The molecule has 3 nitrogen and oxygen atoms in total. The van der Waals surface area contributed by atoms with Crippen molar-refractivity contribution in [1.82, 2.24) is 9.55 Å². The van der Waals surface area contributed by atoms with Crippen LogP contribution < -0.4 is 5.73 Å². The second-order valence-corrected chi connectivity index (χ2v) is 3.91. The summed E-state index contributed by atoms with van der Waals surface area (Å²) in [7, 11) is 0. The minimum absolute atomic E-state index is 0.0505. The zero-order valence-corrected chi connectivity index (χ0v) is 9.15. The third-order valence-electron chi connectivity index (χ3n) is 2.18. The van der Waals surface area contributed by atoms with Gasteiger partial charge in [-0.1, -0.05) is 17.7 Å². The molecule has 0 aliphatic heterocycles. The van der Waals surface area contributed by atoms with E-state index in [1.807, 2.05) is 42.0 Å². The second kappa shape index (κ2) is 4.04. The lowest BCUT2D eigenvalue weighted by Gasteiger charge is -2.02. The van der Waals surface area contributed by atoms with Gasteiger partial charge in [-0.05, 0) is 25.1 Å². The smallest absolute Gasteiger partial charge is 0.0995 e. The zero-order valence-electron chi connectivity index (χ0n) is 8.39. The van der Waals surface area contributed by atoms with Gasteiger partial charge < -0.3 is 10.3 Å². The van der Waals surface area contributed by atoms with Crippen LogP contribution in [-0.2, 0) is 0 Å². The lowest BCUT2D eigenvalue weighted by atomic mass is 10.3. The number of halogens is 1. The molecule has 4 heteroatoms. The monoisotopic (exact) mass is 221 g/mol. The van der Waals surface area contributed by atoms with E-state index in [0.29, 0.717) is 5.02 Å². The molecular weight excluding hydrogens is 210 g/mol. The normalized spacial score (nSPS) is 12.7. The first kappa shape index (κ1) is 10.2. The van der Waals surface area contributed by atoms with E-state index in [4.69, 9.17) is 17.3 Å². The summed E-state index contributed by atoms with van der Waals surface area (Å²) in [5.41, 5.74) is 7.59. The van der Waals surface area contributed by atoms with Gasteiger partial charge in [0, 0.05) is 22.9 Å². The van der Waals surface area contributed by atoms with Gasteiger partial charge in [0.2, 0.25) is 0 Å². The fourth-order valence-corrected chi connectivity index (χ4v) is 1.54. The number of aromatic nitrogens is 2. The van der Waals surface area contributed by atoms with E-state index < -0.39 is 0 Å². The van der Waals surface area contributed by atoms with Crippen LogP contribution in [0.4, 0.5) is 0 Å². The molecule has 1 aromatic heterocycles. The molecule has 0 saturated carbocycles. The minimum atomic E-state index is -0.0505. The lowest BCUT2D eigenvalue weighted by Crippen LogP contribution is -2.04. The van der Waals surface area contributed by atoms with Gasteiger partial charge in [-0.3, -0.25) is 0 Å². The molecule has 0 saturated heterocycles. The Morgan fingerprint density at radius 2 is 2.27 bits per heavy atom. The van der Waals surface area contributed by atoms with Gasteiger partial charge in [-0.15, -0.1) is 0 Å². The highest BCUT2D eigenvalue weighted by Crippen LogP contribution is 2.16. The van der Waals surface area contributed by atoms with Gasteiger partial charge in [0.1, 0.15) is 0 Å². The van der Waals surface area contributed by atoms with Crippen LogP contribution in [0.3, 0.4) is 0 Å². The van der Waals surface area contributed by atoms with E-state index in [9.17, 15) is 0 Å². The summed E-state index contributed by atoms with van der Waals surface area (Å²) in [4.78, 5) is 4.22. The van der Waals surface area contributed by atoms with Crippen LogP contribution in [0.5, 0.6) is 0 Å². The van der Waals surface area contributed by atoms with Crippen molar-refractivity contribution >= 4 is 11.6 Å². The Kier molecular flexibility index (Phi) is 2.75. The molecule has 0 spiro atoms. The number of imidazole rings is 1. The summed E-state index contributed by atoms with van der Waals surface area (Å²) in [6, 6.07) is 7.55. The predicted molar refractivity (Wildman–Crippen MR) is 61.2 cm³/mol. The number of nitrogens with two attached hydrogens (primary N) is 1. The Bertz CT molecular complexity index is 462. The zero-order chi connectivity index (χ0) is 10.8. The molecule has 2 rings (SSSR count). The highest BCUT2D eigenvalue weighted by molar-refractivity contribution is 6.30. The van der Waals surface area contributed by atoms with Gasteiger partial charge in [0.25, 0.3) is 0 Å². The minimum Gasteiger partial charge on any atom is -0.323 e. The largest absolute Gasteiger partial charge is 0.323 e. The molecule has 0 aliphatic carbocycles.